The summed E-state index contributed by atoms with van der Waals surface area (Å²) in [5, 5.41) is 12.3. The topological polar surface area (TPSA) is 88.0 Å². The maximum atomic E-state index is 12.2. The summed E-state index contributed by atoms with van der Waals surface area (Å²) >= 11 is 0. The zero-order chi connectivity index (χ0) is 24.9. The van der Waals surface area contributed by atoms with Gasteiger partial charge in [-0.05, 0) is 68.5 Å². The number of para-hydroxylation sites is 1. The van der Waals surface area contributed by atoms with Crippen molar-refractivity contribution in [3.8, 4) is 0 Å². The van der Waals surface area contributed by atoms with Crippen molar-refractivity contribution in [3.05, 3.63) is 64.8 Å². The molecular formula is C27H31N7O. The van der Waals surface area contributed by atoms with Gasteiger partial charge < -0.3 is 15.5 Å². The minimum absolute atomic E-state index is 0.0920. The first kappa shape index (κ1) is 22.8. The van der Waals surface area contributed by atoms with Gasteiger partial charge in [-0.1, -0.05) is 24.3 Å². The molecule has 3 heterocycles. The third-order valence-corrected chi connectivity index (χ3v) is 6.83. The van der Waals surface area contributed by atoms with Gasteiger partial charge in [0.25, 0.3) is 0 Å². The van der Waals surface area contributed by atoms with Gasteiger partial charge in [0.1, 0.15) is 0 Å². The molecule has 0 unspecified atom stereocenters. The van der Waals surface area contributed by atoms with E-state index in [2.05, 4.69) is 72.7 Å². The van der Waals surface area contributed by atoms with Crippen LogP contribution in [0.4, 0.5) is 23.1 Å². The summed E-state index contributed by atoms with van der Waals surface area (Å²) in [6, 6.07) is 12.5. The van der Waals surface area contributed by atoms with Crippen molar-refractivity contribution >= 4 is 40.1 Å². The van der Waals surface area contributed by atoms with E-state index < -0.39 is 0 Å². The Morgan fingerprint density at radius 3 is 2.51 bits per heavy atom. The van der Waals surface area contributed by atoms with Crippen LogP contribution in [0, 0.1) is 13.8 Å². The summed E-state index contributed by atoms with van der Waals surface area (Å²) in [6.07, 6.45) is 2.63. The first-order valence-electron chi connectivity index (χ1n) is 11.8. The maximum absolute atomic E-state index is 12.2. The molecule has 0 radical (unpaired) electrons. The minimum atomic E-state index is -0.190. The van der Waals surface area contributed by atoms with Crippen LogP contribution in [0.5, 0.6) is 0 Å². The van der Waals surface area contributed by atoms with Gasteiger partial charge in [-0.25, -0.2) is 9.67 Å². The van der Waals surface area contributed by atoms with Gasteiger partial charge >= 0.3 is 0 Å². The summed E-state index contributed by atoms with van der Waals surface area (Å²) in [5.74, 6) is 1.32. The van der Waals surface area contributed by atoms with Crippen molar-refractivity contribution in [2.75, 3.05) is 10.6 Å². The molecule has 2 aromatic heterocycles. The molecule has 2 aromatic carbocycles. The Labute approximate surface area is 205 Å². The highest BCUT2D eigenvalue weighted by molar-refractivity contribution is 5.90. The van der Waals surface area contributed by atoms with Crippen LogP contribution < -0.4 is 10.6 Å². The molecule has 0 spiro atoms. The highest BCUT2D eigenvalue weighted by Crippen LogP contribution is 2.33. The Morgan fingerprint density at radius 2 is 1.80 bits per heavy atom. The van der Waals surface area contributed by atoms with Crippen LogP contribution >= 0.6 is 0 Å². The second-order valence-electron chi connectivity index (χ2n) is 10.00. The van der Waals surface area contributed by atoms with E-state index in [9.17, 15) is 4.79 Å². The zero-order valence-electron chi connectivity index (χ0n) is 21.1. The molecule has 1 amide bonds. The average molecular weight is 470 g/mol. The molecule has 0 saturated carbocycles. The van der Waals surface area contributed by atoms with Crippen LogP contribution in [0.15, 0.2) is 42.6 Å². The number of carbonyl (C=O) groups is 1. The Kier molecular flexibility index (Phi) is 5.46. The largest absolute Gasteiger partial charge is 0.338 e. The molecule has 2 N–H and O–H groups in total. The second-order valence-corrected chi connectivity index (χ2v) is 10.00. The Bertz CT molecular complexity index is 1430. The van der Waals surface area contributed by atoms with Crippen LogP contribution in [-0.2, 0) is 24.8 Å². The van der Waals surface area contributed by atoms with Gasteiger partial charge in [0, 0.05) is 43.6 Å². The third-order valence-electron chi connectivity index (χ3n) is 6.83. The Balaban J connectivity index is 1.42. The molecule has 0 atom stereocenters. The molecule has 0 bridgehead atoms. The number of rotatable bonds is 4. The quantitative estimate of drug-likeness (QED) is 0.430. The van der Waals surface area contributed by atoms with E-state index >= 15 is 0 Å². The SMILES string of the molecule is CC(=O)N1Cc2cc(Nc3ncc4c(Nc5c(C)cccc5C)nn(C)c4n3)ccc2CC1(C)C. The minimum Gasteiger partial charge on any atom is -0.338 e. The van der Waals surface area contributed by atoms with Crippen LogP contribution in [0.1, 0.15) is 43.0 Å². The normalized spacial score (nSPS) is 14.6. The van der Waals surface area contributed by atoms with E-state index in [1.165, 1.54) is 5.56 Å². The van der Waals surface area contributed by atoms with Crippen molar-refractivity contribution < 1.29 is 4.79 Å². The number of benzene rings is 2. The maximum Gasteiger partial charge on any atom is 0.229 e. The number of hydrogen-bond acceptors (Lipinski definition) is 6. The van der Waals surface area contributed by atoms with E-state index in [0.717, 1.165) is 51.3 Å². The fourth-order valence-corrected chi connectivity index (χ4v) is 4.96. The van der Waals surface area contributed by atoms with E-state index in [4.69, 9.17) is 4.98 Å². The Hall–Kier alpha value is -3.94. The van der Waals surface area contributed by atoms with Gasteiger partial charge in [0.15, 0.2) is 11.5 Å². The number of carbonyl (C=O) groups excluding carboxylic acids is 1. The summed E-state index contributed by atoms with van der Waals surface area (Å²) in [7, 11) is 1.88. The number of aryl methyl sites for hydroxylation is 3. The number of fused-ring (bicyclic) bond motifs is 2. The summed E-state index contributed by atoms with van der Waals surface area (Å²) in [4.78, 5) is 23.4. The van der Waals surface area contributed by atoms with Gasteiger partial charge in [0.05, 0.1) is 5.39 Å². The number of anilines is 4. The predicted molar refractivity (Wildman–Crippen MR) is 139 cm³/mol. The van der Waals surface area contributed by atoms with Gasteiger partial charge in [-0.3, -0.25) is 4.79 Å². The smallest absolute Gasteiger partial charge is 0.229 e. The van der Waals surface area contributed by atoms with E-state index in [-0.39, 0.29) is 11.4 Å². The van der Waals surface area contributed by atoms with Crippen molar-refractivity contribution in [2.45, 2.75) is 53.1 Å². The molecule has 0 saturated heterocycles. The monoisotopic (exact) mass is 469 g/mol. The number of hydrogen-bond donors (Lipinski definition) is 2. The van der Waals surface area contributed by atoms with Crippen LogP contribution in [0.2, 0.25) is 0 Å². The standard InChI is InChI=1S/C27H31N7O/c1-16-8-7-9-17(2)23(16)30-24-22-14-28-26(31-25(22)33(6)32-24)29-21-11-10-19-13-27(4,5)34(18(3)35)15-20(19)12-21/h7-12,14H,13,15H2,1-6H3,(H,30,32)(H,28,29,31). The van der Waals surface area contributed by atoms with Crippen LogP contribution in [-0.4, -0.2) is 36.1 Å². The van der Waals surface area contributed by atoms with Crippen LogP contribution in [0.3, 0.4) is 0 Å². The van der Waals surface area contributed by atoms with Crippen LogP contribution in [0.25, 0.3) is 11.0 Å². The average Bonchev–Trinajstić information content (AvgIpc) is 3.10. The number of nitrogens with one attached hydrogen (secondary N) is 2. The van der Waals surface area contributed by atoms with Crippen molar-refractivity contribution in [2.24, 2.45) is 7.05 Å². The molecule has 5 rings (SSSR count). The highest BCUT2D eigenvalue weighted by Gasteiger charge is 2.34. The first-order valence-corrected chi connectivity index (χ1v) is 11.8. The molecule has 180 valence electrons. The predicted octanol–water partition coefficient (Wildman–Crippen LogP) is 5.15. The molecule has 0 fully saturated rings. The van der Waals surface area contributed by atoms with Crippen molar-refractivity contribution in [1.82, 2.24) is 24.6 Å². The van der Waals surface area contributed by atoms with Crippen molar-refractivity contribution in [1.29, 1.82) is 0 Å². The molecule has 1 aliphatic rings. The number of nitrogens with zero attached hydrogens (tertiary/aromatic N) is 5. The van der Waals surface area contributed by atoms with Gasteiger partial charge in [0.2, 0.25) is 11.9 Å². The summed E-state index contributed by atoms with van der Waals surface area (Å²) in [6.45, 7) is 10.6. The molecular weight excluding hydrogens is 438 g/mol. The molecule has 8 nitrogen and oxygen atoms in total. The lowest BCUT2D eigenvalue weighted by atomic mass is 9.85. The molecule has 1 aliphatic heterocycles. The lowest BCUT2D eigenvalue weighted by Gasteiger charge is -2.43. The number of aromatic nitrogens is 4. The fourth-order valence-electron chi connectivity index (χ4n) is 4.96. The fraction of sp³-hybridized carbons (Fsp3) is 0.333. The first-order chi connectivity index (χ1) is 16.6. The van der Waals surface area contributed by atoms with Crippen molar-refractivity contribution in [3.63, 3.8) is 0 Å². The Morgan fingerprint density at radius 1 is 1.06 bits per heavy atom. The third kappa shape index (κ3) is 4.20. The summed E-state index contributed by atoms with van der Waals surface area (Å²) < 4.78 is 1.76. The molecule has 35 heavy (non-hydrogen) atoms. The highest BCUT2D eigenvalue weighted by atomic mass is 16.2. The van der Waals surface area contributed by atoms with Gasteiger partial charge in [-0.2, -0.15) is 10.1 Å². The van der Waals surface area contributed by atoms with E-state index in [1.54, 1.807) is 17.8 Å². The zero-order valence-corrected chi connectivity index (χ0v) is 21.1. The lowest BCUT2D eigenvalue weighted by molar-refractivity contribution is -0.135. The van der Waals surface area contributed by atoms with Gasteiger partial charge in [-0.15, -0.1) is 0 Å². The van der Waals surface area contributed by atoms with E-state index in [1.807, 2.05) is 24.1 Å². The molecule has 4 aromatic rings. The van der Waals surface area contributed by atoms with E-state index in [0.29, 0.717) is 12.5 Å². The lowest BCUT2D eigenvalue weighted by Crippen LogP contribution is -2.50. The summed E-state index contributed by atoms with van der Waals surface area (Å²) in [5.41, 5.74) is 7.20. The molecule has 0 aliphatic carbocycles. The number of amides is 1. The second kappa shape index (κ2) is 8.37. The molecule has 8 heteroatoms.